The molecule has 122 valence electrons. The third-order valence-electron chi connectivity index (χ3n) is 4.23. The summed E-state index contributed by atoms with van der Waals surface area (Å²) in [5, 5.41) is 12.6. The van der Waals surface area contributed by atoms with Crippen molar-refractivity contribution in [3.63, 3.8) is 0 Å². The number of anilines is 1. The summed E-state index contributed by atoms with van der Waals surface area (Å²) in [5.74, 6) is 0. The van der Waals surface area contributed by atoms with Crippen LogP contribution in [0.25, 0.3) is 10.7 Å². The number of amides is 2. The summed E-state index contributed by atoms with van der Waals surface area (Å²) < 4.78 is 0. The zero-order valence-electron chi connectivity index (χ0n) is 13.0. The fraction of sp³-hybridized carbons (Fsp3) is 0.235. The van der Waals surface area contributed by atoms with E-state index in [1.165, 1.54) is 16.9 Å². The van der Waals surface area contributed by atoms with E-state index in [-0.39, 0.29) is 12.1 Å². The zero-order valence-corrected chi connectivity index (χ0v) is 13.8. The molecule has 1 aromatic carbocycles. The summed E-state index contributed by atoms with van der Waals surface area (Å²) in [4.78, 5) is 18.9. The Bertz CT molecular complexity index is 815. The van der Waals surface area contributed by atoms with Crippen LogP contribution in [-0.4, -0.2) is 32.7 Å². The van der Waals surface area contributed by atoms with Gasteiger partial charge >= 0.3 is 6.03 Å². The molecule has 0 spiro atoms. The van der Waals surface area contributed by atoms with Gasteiger partial charge < -0.3 is 10.2 Å². The molecule has 6 nitrogen and oxygen atoms in total. The minimum atomic E-state index is -0.0967. The van der Waals surface area contributed by atoms with Crippen molar-refractivity contribution in [2.45, 2.75) is 18.9 Å². The number of thiazole rings is 1. The second-order valence-corrected chi connectivity index (χ2v) is 6.58. The minimum Gasteiger partial charge on any atom is -0.317 e. The number of nitrogens with zero attached hydrogens (tertiary/aromatic N) is 3. The van der Waals surface area contributed by atoms with Crippen LogP contribution in [0, 0.1) is 0 Å². The van der Waals surface area contributed by atoms with Gasteiger partial charge in [-0.3, -0.25) is 5.10 Å². The average molecular weight is 339 g/mol. The largest absolute Gasteiger partial charge is 0.322 e. The molecule has 1 saturated heterocycles. The number of hydrogen-bond donors (Lipinski definition) is 2. The molecule has 24 heavy (non-hydrogen) atoms. The topological polar surface area (TPSA) is 73.9 Å². The lowest BCUT2D eigenvalue weighted by atomic mass is 10.1. The normalized spacial score (nSPS) is 17.2. The average Bonchev–Trinajstić information content (AvgIpc) is 3.36. The van der Waals surface area contributed by atoms with E-state index in [4.69, 9.17) is 0 Å². The molecule has 0 unspecified atom stereocenters. The number of aromatic amines is 1. The van der Waals surface area contributed by atoms with Gasteiger partial charge in [-0.25, -0.2) is 9.78 Å². The van der Waals surface area contributed by atoms with E-state index in [0.29, 0.717) is 5.69 Å². The maximum Gasteiger partial charge on any atom is 0.322 e. The Balaban J connectivity index is 1.54. The third kappa shape index (κ3) is 2.78. The van der Waals surface area contributed by atoms with Gasteiger partial charge in [-0.05, 0) is 18.4 Å². The number of hydrogen-bond acceptors (Lipinski definition) is 4. The minimum absolute atomic E-state index is 0.0967. The van der Waals surface area contributed by atoms with Gasteiger partial charge in [0, 0.05) is 18.1 Å². The Morgan fingerprint density at radius 1 is 1.33 bits per heavy atom. The van der Waals surface area contributed by atoms with E-state index in [9.17, 15) is 4.79 Å². The molecule has 0 aliphatic carbocycles. The van der Waals surface area contributed by atoms with Crippen molar-refractivity contribution in [2.24, 2.45) is 0 Å². The first-order valence-corrected chi connectivity index (χ1v) is 8.76. The Labute approximate surface area is 143 Å². The molecule has 0 radical (unpaired) electrons. The van der Waals surface area contributed by atoms with Crippen molar-refractivity contribution < 1.29 is 4.79 Å². The lowest BCUT2D eigenvalue weighted by molar-refractivity contribution is 0.207. The van der Waals surface area contributed by atoms with Gasteiger partial charge in [-0.2, -0.15) is 5.10 Å². The summed E-state index contributed by atoms with van der Waals surface area (Å²) in [6, 6.07) is 10.2. The maximum atomic E-state index is 12.8. The molecule has 2 amide bonds. The Morgan fingerprint density at radius 2 is 2.21 bits per heavy atom. The Morgan fingerprint density at radius 3 is 3.00 bits per heavy atom. The number of carbonyl (C=O) groups excluding carboxylic acids is 1. The highest BCUT2D eigenvalue weighted by molar-refractivity contribution is 7.13. The van der Waals surface area contributed by atoms with Crippen LogP contribution in [0.3, 0.4) is 0 Å². The van der Waals surface area contributed by atoms with Crippen LogP contribution in [0.5, 0.6) is 0 Å². The Hall–Kier alpha value is -2.67. The molecular formula is C17H17N5OS. The number of aromatic nitrogens is 3. The number of benzene rings is 1. The maximum absolute atomic E-state index is 12.8. The van der Waals surface area contributed by atoms with Crippen LogP contribution >= 0.6 is 11.3 Å². The molecule has 2 aromatic heterocycles. The van der Waals surface area contributed by atoms with Gasteiger partial charge in [0.15, 0.2) is 0 Å². The van der Waals surface area contributed by atoms with Crippen molar-refractivity contribution in [3.8, 4) is 10.7 Å². The monoisotopic (exact) mass is 339 g/mol. The smallest absolute Gasteiger partial charge is 0.317 e. The van der Waals surface area contributed by atoms with E-state index in [1.54, 1.807) is 12.4 Å². The number of nitrogens with one attached hydrogen (secondary N) is 2. The van der Waals surface area contributed by atoms with Crippen molar-refractivity contribution in [3.05, 3.63) is 53.7 Å². The van der Waals surface area contributed by atoms with E-state index in [1.807, 2.05) is 28.5 Å². The molecule has 1 aliphatic heterocycles. The van der Waals surface area contributed by atoms with Gasteiger partial charge in [-0.15, -0.1) is 11.3 Å². The van der Waals surface area contributed by atoms with Gasteiger partial charge in [0.05, 0.1) is 17.9 Å². The highest BCUT2D eigenvalue weighted by atomic mass is 32.1. The first-order chi connectivity index (χ1) is 11.8. The molecule has 7 heteroatoms. The molecule has 3 heterocycles. The fourth-order valence-electron chi connectivity index (χ4n) is 3.11. The van der Waals surface area contributed by atoms with E-state index in [2.05, 4.69) is 32.6 Å². The molecule has 1 atom stereocenters. The molecule has 0 saturated carbocycles. The lowest BCUT2D eigenvalue weighted by Crippen LogP contribution is -2.34. The molecular weight excluding hydrogens is 322 g/mol. The lowest BCUT2D eigenvalue weighted by Gasteiger charge is -2.25. The van der Waals surface area contributed by atoms with Crippen molar-refractivity contribution in [1.82, 2.24) is 20.1 Å². The summed E-state index contributed by atoms with van der Waals surface area (Å²) in [6.07, 6.45) is 5.36. The fourth-order valence-corrected chi connectivity index (χ4v) is 3.76. The number of likely N-dealkylation sites (tertiary alicyclic amines) is 1. The van der Waals surface area contributed by atoms with E-state index >= 15 is 0 Å². The zero-order chi connectivity index (χ0) is 16.4. The van der Waals surface area contributed by atoms with Gasteiger partial charge in [-0.1, -0.05) is 30.3 Å². The van der Waals surface area contributed by atoms with Crippen LogP contribution in [0.15, 0.2) is 48.1 Å². The number of urea groups is 1. The van der Waals surface area contributed by atoms with E-state index < -0.39 is 0 Å². The van der Waals surface area contributed by atoms with Crippen molar-refractivity contribution >= 4 is 23.1 Å². The highest BCUT2D eigenvalue weighted by Gasteiger charge is 2.30. The van der Waals surface area contributed by atoms with Crippen molar-refractivity contribution in [2.75, 3.05) is 11.9 Å². The summed E-state index contributed by atoms with van der Waals surface area (Å²) >= 11 is 1.50. The van der Waals surface area contributed by atoms with Gasteiger partial charge in [0.1, 0.15) is 10.7 Å². The SMILES string of the molecule is O=C(Nc1cn[nH]c1-c1nccs1)N1CCC[C@@H]1c1ccccc1. The first-order valence-electron chi connectivity index (χ1n) is 7.89. The molecule has 0 bridgehead atoms. The van der Waals surface area contributed by atoms with Crippen LogP contribution in [-0.2, 0) is 0 Å². The molecule has 1 aliphatic rings. The molecule has 2 N–H and O–H groups in total. The van der Waals surface area contributed by atoms with Crippen LogP contribution in [0.1, 0.15) is 24.4 Å². The summed E-state index contributed by atoms with van der Waals surface area (Å²) in [7, 11) is 0. The summed E-state index contributed by atoms with van der Waals surface area (Å²) in [6.45, 7) is 0.760. The highest BCUT2D eigenvalue weighted by Crippen LogP contribution is 2.33. The van der Waals surface area contributed by atoms with Gasteiger partial charge in [0.2, 0.25) is 0 Å². The predicted octanol–water partition coefficient (Wildman–Crippen LogP) is 3.90. The van der Waals surface area contributed by atoms with Crippen LogP contribution < -0.4 is 5.32 Å². The predicted molar refractivity (Wildman–Crippen MR) is 93.8 cm³/mol. The summed E-state index contributed by atoms with van der Waals surface area (Å²) in [5.41, 5.74) is 2.58. The number of rotatable bonds is 3. The standard InChI is InChI=1S/C17H17N5OS/c23-17(20-13-11-19-21-15(13)16-18-8-10-24-16)22-9-4-7-14(22)12-5-2-1-3-6-12/h1-3,5-6,8,10-11,14H,4,7,9H2,(H,19,21)(H,20,23)/t14-/m1/s1. The molecule has 3 aromatic rings. The van der Waals surface area contributed by atoms with Crippen molar-refractivity contribution in [1.29, 1.82) is 0 Å². The molecule has 4 rings (SSSR count). The second-order valence-electron chi connectivity index (χ2n) is 5.69. The second kappa shape index (κ2) is 6.45. The first kappa shape index (κ1) is 14.9. The number of carbonyl (C=O) groups is 1. The quantitative estimate of drug-likeness (QED) is 0.760. The van der Waals surface area contributed by atoms with Gasteiger partial charge in [0.25, 0.3) is 0 Å². The number of H-pyrrole nitrogens is 1. The van der Waals surface area contributed by atoms with Crippen LogP contribution in [0.4, 0.5) is 10.5 Å². The molecule has 1 fully saturated rings. The Kier molecular flexibility index (Phi) is 4.00. The third-order valence-corrected chi connectivity index (χ3v) is 5.02. The van der Waals surface area contributed by atoms with E-state index in [0.717, 1.165) is 30.1 Å². The van der Waals surface area contributed by atoms with Crippen LogP contribution in [0.2, 0.25) is 0 Å².